The van der Waals surface area contributed by atoms with Crippen molar-refractivity contribution in [1.29, 1.82) is 0 Å². The number of nitro groups is 1. The van der Waals surface area contributed by atoms with Crippen LogP contribution in [0.5, 0.6) is 0 Å². The predicted octanol–water partition coefficient (Wildman–Crippen LogP) is 1.50. The van der Waals surface area contributed by atoms with Gasteiger partial charge in [0.15, 0.2) is 5.82 Å². The first kappa shape index (κ1) is 10.1. The molecule has 1 heterocycles. The summed E-state index contributed by atoms with van der Waals surface area (Å²) in [6.45, 7) is 0. The van der Waals surface area contributed by atoms with Gasteiger partial charge in [0.05, 0.1) is 23.0 Å². The number of aromatic nitrogens is 2. The van der Waals surface area contributed by atoms with E-state index in [1.807, 2.05) is 0 Å². The number of hydrogen-bond donors (Lipinski definition) is 1. The Hall–Kier alpha value is -2.44. The van der Waals surface area contributed by atoms with Gasteiger partial charge < -0.3 is 10.3 Å². The molecule has 0 unspecified atom stereocenters. The zero-order chi connectivity index (χ0) is 11.7. The minimum Gasteiger partial charge on any atom is -0.393 e. The molecule has 0 radical (unpaired) electrons. The average Bonchev–Trinajstić information content (AvgIpc) is 2.73. The Morgan fingerprint density at radius 1 is 1.50 bits per heavy atom. The SMILES string of the molecule is Nc1cc(-n2ccnc2)c(F)cc1[N+](=O)[O-]. The van der Waals surface area contributed by atoms with Gasteiger partial charge in [0.1, 0.15) is 5.69 Å². The average molecular weight is 222 g/mol. The second-order valence-electron chi connectivity index (χ2n) is 3.09. The van der Waals surface area contributed by atoms with E-state index >= 15 is 0 Å². The molecule has 0 aliphatic heterocycles. The molecule has 0 aliphatic carbocycles. The second kappa shape index (κ2) is 3.61. The van der Waals surface area contributed by atoms with Gasteiger partial charge in [-0.2, -0.15) is 0 Å². The Morgan fingerprint density at radius 3 is 2.81 bits per heavy atom. The minimum absolute atomic E-state index is 0.0879. The third-order valence-corrected chi connectivity index (χ3v) is 2.08. The van der Waals surface area contributed by atoms with E-state index in [2.05, 4.69) is 4.98 Å². The Bertz CT molecular complexity index is 539. The summed E-state index contributed by atoms with van der Waals surface area (Å²) in [4.78, 5) is 13.5. The van der Waals surface area contributed by atoms with Crippen molar-refractivity contribution in [3.63, 3.8) is 0 Å². The van der Waals surface area contributed by atoms with E-state index in [-0.39, 0.29) is 11.4 Å². The number of imidazole rings is 1. The van der Waals surface area contributed by atoms with Crippen molar-refractivity contribution in [2.45, 2.75) is 0 Å². The van der Waals surface area contributed by atoms with Gasteiger partial charge in [-0.15, -0.1) is 0 Å². The molecule has 0 atom stereocenters. The van der Waals surface area contributed by atoms with E-state index in [1.165, 1.54) is 29.4 Å². The van der Waals surface area contributed by atoms with Crippen LogP contribution in [0.25, 0.3) is 5.69 Å². The summed E-state index contributed by atoms with van der Waals surface area (Å²) in [6.07, 6.45) is 4.37. The van der Waals surface area contributed by atoms with E-state index in [1.54, 1.807) is 0 Å². The monoisotopic (exact) mass is 222 g/mol. The molecule has 2 aromatic rings. The quantitative estimate of drug-likeness (QED) is 0.474. The van der Waals surface area contributed by atoms with Gasteiger partial charge in [-0.25, -0.2) is 9.37 Å². The van der Waals surface area contributed by atoms with Crippen molar-refractivity contribution >= 4 is 11.4 Å². The van der Waals surface area contributed by atoms with Crippen LogP contribution in [0.2, 0.25) is 0 Å². The molecule has 0 fully saturated rings. The van der Waals surface area contributed by atoms with Crippen molar-refractivity contribution in [2.75, 3.05) is 5.73 Å². The highest BCUT2D eigenvalue weighted by molar-refractivity contribution is 5.63. The molecule has 0 saturated heterocycles. The van der Waals surface area contributed by atoms with Gasteiger partial charge in [-0.05, 0) is 6.07 Å². The highest BCUT2D eigenvalue weighted by atomic mass is 19.1. The molecule has 82 valence electrons. The fourth-order valence-electron chi connectivity index (χ4n) is 1.33. The van der Waals surface area contributed by atoms with E-state index in [0.717, 1.165) is 6.07 Å². The van der Waals surface area contributed by atoms with Crippen LogP contribution in [-0.2, 0) is 0 Å². The molecule has 1 aromatic carbocycles. The summed E-state index contributed by atoms with van der Waals surface area (Å²) in [5.74, 6) is -0.723. The van der Waals surface area contributed by atoms with Crippen LogP contribution in [0.4, 0.5) is 15.8 Å². The predicted molar refractivity (Wildman–Crippen MR) is 54.6 cm³/mol. The lowest BCUT2D eigenvalue weighted by Gasteiger charge is -2.05. The maximum absolute atomic E-state index is 13.5. The number of benzene rings is 1. The molecule has 16 heavy (non-hydrogen) atoms. The molecule has 2 rings (SSSR count). The van der Waals surface area contributed by atoms with Crippen molar-refractivity contribution < 1.29 is 9.31 Å². The zero-order valence-corrected chi connectivity index (χ0v) is 8.00. The maximum Gasteiger partial charge on any atom is 0.295 e. The molecule has 0 amide bonds. The summed E-state index contributed by atoms with van der Waals surface area (Å²) in [7, 11) is 0. The lowest BCUT2D eigenvalue weighted by Crippen LogP contribution is -2.01. The molecule has 6 nitrogen and oxygen atoms in total. The molecule has 2 N–H and O–H groups in total. The summed E-state index contributed by atoms with van der Waals surface area (Å²) in [5.41, 5.74) is 5.05. The number of nitrogens with zero attached hydrogens (tertiary/aromatic N) is 3. The van der Waals surface area contributed by atoms with Crippen molar-refractivity contribution in [3.05, 3.63) is 46.8 Å². The Balaban J connectivity index is 2.59. The van der Waals surface area contributed by atoms with Gasteiger partial charge in [0, 0.05) is 12.4 Å². The number of halogens is 1. The minimum atomic E-state index is -0.726. The van der Waals surface area contributed by atoms with E-state index in [9.17, 15) is 14.5 Å². The summed E-state index contributed by atoms with van der Waals surface area (Å²) in [6, 6.07) is 2.00. The fourth-order valence-corrected chi connectivity index (χ4v) is 1.33. The smallest absolute Gasteiger partial charge is 0.295 e. The molecule has 7 heteroatoms. The Morgan fingerprint density at radius 2 is 2.25 bits per heavy atom. The molecular weight excluding hydrogens is 215 g/mol. The maximum atomic E-state index is 13.5. The first-order valence-corrected chi connectivity index (χ1v) is 4.31. The zero-order valence-electron chi connectivity index (χ0n) is 8.00. The number of nitrogens with two attached hydrogens (primary N) is 1. The topological polar surface area (TPSA) is 87.0 Å². The number of rotatable bonds is 2. The third kappa shape index (κ3) is 1.58. The van der Waals surface area contributed by atoms with E-state index in [4.69, 9.17) is 5.73 Å². The summed E-state index contributed by atoms with van der Waals surface area (Å²) in [5, 5.41) is 10.5. The molecular formula is C9H7FN4O2. The van der Waals surface area contributed by atoms with Gasteiger partial charge in [-0.3, -0.25) is 10.1 Å². The van der Waals surface area contributed by atoms with Crippen LogP contribution in [-0.4, -0.2) is 14.5 Å². The van der Waals surface area contributed by atoms with Crippen LogP contribution >= 0.6 is 0 Å². The van der Waals surface area contributed by atoms with Crippen LogP contribution in [0, 0.1) is 15.9 Å². The van der Waals surface area contributed by atoms with Crippen LogP contribution in [0.3, 0.4) is 0 Å². The van der Waals surface area contributed by atoms with Crippen molar-refractivity contribution in [2.24, 2.45) is 0 Å². The number of nitrogen functional groups attached to an aromatic ring is 1. The van der Waals surface area contributed by atoms with Gasteiger partial charge in [-0.1, -0.05) is 0 Å². The highest BCUT2D eigenvalue weighted by Gasteiger charge is 2.16. The number of anilines is 1. The van der Waals surface area contributed by atoms with Crippen molar-refractivity contribution in [3.8, 4) is 5.69 Å². The molecule has 0 bridgehead atoms. The Kier molecular flexibility index (Phi) is 2.28. The number of hydrogen-bond acceptors (Lipinski definition) is 4. The lowest BCUT2D eigenvalue weighted by molar-refractivity contribution is -0.384. The highest BCUT2D eigenvalue weighted by Crippen LogP contribution is 2.26. The first-order valence-electron chi connectivity index (χ1n) is 4.31. The second-order valence-corrected chi connectivity index (χ2v) is 3.09. The van der Waals surface area contributed by atoms with E-state index in [0.29, 0.717) is 0 Å². The standard InChI is InChI=1S/C9H7FN4O2/c10-6-3-9(14(15)16)7(11)4-8(6)13-2-1-12-5-13/h1-5H,11H2. The normalized spacial score (nSPS) is 10.3. The van der Waals surface area contributed by atoms with Crippen molar-refractivity contribution in [1.82, 2.24) is 9.55 Å². The first-order chi connectivity index (χ1) is 7.59. The van der Waals surface area contributed by atoms with Gasteiger partial charge >= 0.3 is 0 Å². The fraction of sp³-hybridized carbons (Fsp3) is 0. The Labute approximate surface area is 89.3 Å². The molecule has 0 spiro atoms. The van der Waals surface area contributed by atoms with Crippen LogP contribution in [0.15, 0.2) is 30.9 Å². The molecule has 0 aliphatic rings. The lowest BCUT2D eigenvalue weighted by atomic mass is 10.2. The number of nitro benzene ring substituents is 1. The molecule has 0 saturated carbocycles. The van der Waals surface area contributed by atoms with Gasteiger partial charge in [0.25, 0.3) is 5.69 Å². The van der Waals surface area contributed by atoms with Crippen LogP contribution < -0.4 is 5.73 Å². The largest absolute Gasteiger partial charge is 0.393 e. The summed E-state index contributed by atoms with van der Waals surface area (Å²) < 4.78 is 14.9. The van der Waals surface area contributed by atoms with E-state index < -0.39 is 16.4 Å². The summed E-state index contributed by atoms with van der Waals surface area (Å²) >= 11 is 0. The van der Waals surface area contributed by atoms with Gasteiger partial charge in [0.2, 0.25) is 0 Å². The molecule has 1 aromatic heterocycles. The third-order valence-electron chi connectivity index (χ3n) is 2.08. The van der Waals surface area contributed by atoms with Crippen LogP contribution in [0.1, 0.15) is 0 Å².